The molecular formula is C25H38ClN4O2S+. The number of hydrogen-bond acceptors (Lipinski definition) is 3. The second-order valence-corrected chi connectivity index (χ2v) is 9.93. The van der Waals surface area contributed by atoms with Crippen molar-refractivity contribution in [3.8, 4) is 0 Å². The largest absolute Gasteiger partial charge is 0.365 e. The number of halogens is 1. The van der Waals surface area contributed by atoms with Gasteiger partial charge in [-0.05, 0) is 42.7 Å². The van der Waals surface area contributed by atoms with Crippen molar-refractivity contribution in [2.75, 3.05) is 30.8 Å². The summed E-state index contributed by atoms with van der Waals surface area (Å²) in [4.78, 5) is 25.8. The highest BCUT2D eigenvalue weighted by Crippen LogP contribution is 2.40. The van der Waals surface area contributed by atoms with Gasteiger partial charge in [-0.25, -0.2) is 4.79 Å². The molecule has 0 spiro atoms. The van der Waals surface area contributed by atoms with Crippen LogP contribution in [-0.2, 0) is 13.0 Å². The van der Waals surface area contributed by atoms with Gasteiger partial charge in [-0.1, -0.05) is 45.7 Å². The van der Waals surface area contributed by atoms with Gasteiger partial charge in [0.15, 0.2) is 0 Å². The fraction of sp³-hybridized carbons (Fsp3) is 0.520. The molecule has 3 amide bonds. The summed E-state index contributed by atoms with van der Waals surface area (Å²) in [6, 6.07) is 6.45. The average Bonchev–Trinajstić information content (AvgIpc) is 3.12. The minimum Gasteiger partial charge on any atom is -0.365 e. The van der Waals surface area contributed by atoms with Crippen molar-refractivity contribution < 1.29 is 14.1 Å². The molecule has 0 bridgehead atoms. The molecule has 0 radical (unpaired) electrons. The number of rotatable bonds is 5. The number of carbonyl (C=O) groups is 2. The van der Waals surface area contributed by atoms with Crippen molar-refractivity contribution in [2.24, 2.45) is 11.7 Å². The first-order valence-electron chi connectivity index (χ1n) is 11.9. The molecule has 2 aromatic rings. The van der Waals surface area contributed by atoms with Crippen LogP contribution in [-0.4, -0.2) is 36.6 Å². The number of thiophene rings is 1. The third-order valence-corrected chi connectivity index (χ3v) is 7.40. The van der Waals surface area contributed by atoms with Crippen molar-refractivity contribution >= 4 is 45.6 Å². The summed E-state index contributed by atoms with van der Waals surface area (Å²) in [6.45, 7) is 11.1. The minimum absolute atomic E-state index is 0.403. The Labute approximate surface area is 207 Å². The second kappa shape index (κ2) is 12.4. The number of urea groups is 1. The van der Waals surface area contributed by atoms with Crippen molar-refractivity contribution in [1.29, 1.82) is 0 Å². The second-order valence-electron chi connectivity index (χ2n) is 8.39. The fourth-order valence-corrected chi connectivity index (χ4v) is 5.86. The number of likely N-dealkylation sites (N-methyl/N-ethyl adjacent to an activating group) is 1. The third kappa shape index (κ3) is 6.95. The zero-order valence-corrected chi connectivity index (χ0v) is 22.0. The van der Waals surface area contributed by atoms with E-state index in [1.165, 1.54) is 37.1 Å². The summed E-state index contributed by atoms with van der Waals surface area (Å²) in [5.41, 5.74) is 7.78. The van der Waals surface area contributed by atoms with Crippen LogP contribution < -0.4 is 16.4 Å². The molecule has 1 atom stereocenters. The molecule has 4 N–H and O–H groups in total. The molecular weight excluding hydrogens is 456 g/mol. The molecule has 1 fully saturated rings. The van der Waals surface area contributed by atoms with Gasteiger partial charge in [0.25, 0.3) is 5.91 Å². The Hall–Kier alpha value is -2.09. The molecule has 6 nitrogen and oxygen atoms in total. The van der Waals surface area contributed by atoms with Gasteiger partial charge in [0, 0.05) is 23.0 Å². The lowest BCUT2D eigenvalue weighted by Crippen LogP contribution is -2.51. The van der Waals surface area contributed by atoms with Crippen LogP contribution >= 0.6 is 22.9 Å². The van der Waals surface area contributed by atoms with E-state index in [4.69, 9.17) is 17.3 Å². The van der Waals surface area contributed by atoms with Crippen LogP contribution in [0.2, 0.25) is 5.02 Å². The van der Waals surface area contributed by atoms with Gasteiger partial charge in [0.05, 0.1) is 30.6 Å². The molecule has 1 aliphatic carbocycles. The van der Waals surface area contributed by atoms with E-state index >= 15 is 0 Å². The van der Waals surface area contributed by atoms with Crippen molar-refractivity contribution in [1.82, 2.24) is 0 Å². The highest BCUT2D eigenvalue weighted by atomic mass is 35.5. The molecule has 0 saturated heterocycles. The molecule has 1 aromatic carbocycles. The predicted molar refractivity (Wildman–Crippen MR) is 140 cm³/mol. The number of quaternary nitrogens is 1. The first-order chi connectivity index (χ1) is 15.8. The molecule has 2 heterocycles. The molecule has 33 heavy (non-hydrogen) atoms. The molecule has 8 heteroatoms. The summed E-state index contributed by atoms with van der Waals surface area (Å²) in [6.07, 6.45) is 4.82. The van der Waals surface area contributed by atoms with Crippen LogP contribution in [0.1, 0.15) is 67.8 Å². The normalized spacial score (nSPS) is 19.0. The van der Waals surface area contributed by atoms with Gasteiger partial charge >= 0.3 is 6.03 Å². The van der Waals surface area contributed by atoms with E-state index in [9.17, 15) is 9.59 Å². The molecule has 182 valence electrons. The molecule has 1 aliphatic heterocycles. The Morgan fingerprint density at radius 1 is 1.12 bits per heavy atom. The van der Waals surface area contributed by atoms with Gasteiger partial charge in [-0.15, -0.1) is 11.3 Å². The summed E-state index contributed by atoms with van der Waals surface area (Å²) in [5, 5.41) is 6.73. The van der Waals surface area contributed by atoms with Crippen LogP contribution in [0.3, 0.4) is 0 Å². The zero-order chi connectivity index (χ0) is 24.6. The number of primary amides is 1. The van der Waals surface area contributed by atoms with Gasteiger partial charge in [-0.3, -0.25) is 10.1 Å². The lowest BCUT2D eigenvalue weighted by molar-refractivity contribution is -0.927. The van der Waals surface area contributed by atoms with Gasteiger partial charge in [-0.2, -0.15) is 0 Å². The fourth-order valence-electron chi connectivity index (χ4n) is 4.31. The first kappa shape index (κ1) is 27.2. The van der Waals surface area contributed by atoms with E-state index in [1.54, 1.807) is 24.3 Å². The molecule has 1 aromatic heterocycles. The third-order valence-electron chi connectivity index (χ3n) is 6.02. The van der Waals surface area contributed by atoms with Crippen LogP contribution in [0.15, 0.2) is 24.3 Å². The number of benzene rings is 1. The van der Waals surface area contributed by atoms with Crippen LogP contribution in [0.4, 0.5) is 15.5 Å². The quantitative estimate of drug-likeness (QED) is 0.415. The summed E-state index contributed by atoms with van der Waals surface area (Å²) >= 11 is 7.36. The Bertz CT molecular complexity index is 941. The SMILES string of the molecule is CC.CC.C[N+]1(CC2CCC2)CCc2c(sc(NC(=O)Nc3ccc(Cl)cc3)c2C(N)=O)C1. The average molecular weight is 494 g/mol. The lowest BCUT2D eigenvalue weighted by Gasteiger charge is -2.42. The smallest absolute Gasteiger partial charge is 0.324 e. The van der Waals surface area contributed by atoms with Gasteiger partial charge in [0.1, 0.15) is 11.5 Å². The summed E-state index contributed by atoms with van der Waals surface area (Å²) in [5.74, 6) is 0.333. The number of hydrogen-bond donors (Lipinski definition) is 3. The Morgan fingerprint density at radius 2 is 1.76 bits per heavy atom. The molecule has 4 rings (SSSR count). The predicted octanol–water partition coefficient (Wildman–Crippen LogP) is 6.50. The standard InChI is InChI=1S/C21H25ClN4O2S.2C2H6/c1-26(11-13-3-2-4-13)10-9-16-17(12-26)29-20(18(16)19(23)27)25-21(28)24-15-7-5-14(22)6-8-15;2*1-2/h5-8,13H,2-4,9-12H2,1H3,(H3-,23,24,25,27,28);2*1-2H3/p+1. The van der Waals surface area contributed by atoms with Crippen LogP contribution in [0, 0.1) is 5.92 Å². The van der Waals surface area contributed by atoms with E-state index in [-0.39, 0.29) is 0 Å². The number of nitrogens with zero attached hydrogens (tertiary/aromatic N) is 1. The number of amides is 3. The monoisotopic (exact) mass is 493 g/mol. The highest BCUT2D eigenvalue weighted by Gasteiger charge is 2.37. The van der Waals surface area contributed by atoms with Crippen molar-refractivity contribution in [2.45, 2.75) is 59.9 Å². The first-order valence-corrected chi connectivity index (χ1v) is 13.1. The number of nitrogens with two attached hydrogens (primary N) is 1. The Balaban J connectivity index is 0.000000914. The van der Waals surface area contributed by atoms with E-state index in [1.807, 2.05) is 27.7 Å². The molecule has 1 saturated carbocycles. The Morgan fingerprint density at radius 3 is 2.30 bits per heavy atom. The van der Waals surface area contributed by atoms with E-state index in [2.05, 4.69) is 17.7 Å². The van der Waals surface area contributed by atoms with Crippen molar-refractivity contribution in [3.63, 3.8) is 0 Å². The lowest BCUT2D eigenvalue weighted by atomic mass is 9.84. The maximum atomic E-state index is 12.5. The maximum absolute atomic E-state index is 12.5. The minimum atomic E-state index is -0.487. The number of anilines is 2. The topological polar surface area (TPSA) is 84.2 Å². The van der Waals surface area contributed by atoms with Crippen LogP contribution in [0.5, 0.6) is 0 Å². The van der Waals surface area contributed by atoms with Gasteiger partial charge < -0.3 is 15.5 Å². The van der Waals surface area contributed by atoms with Gasteiger partial charge in [0.2, 0.25) is 0 Å². The number of nitrogens with one attached hydrogen (secondary N) is 2. The molecule has 1 unspecified atom stereocenters. The molecule has 2 aliphatic rings. The number of fused-ring (bicyclic) bond motifs is 1. The maximum Gasteiger partial charge on any atom is 0.324 e. The zero-order valence-electron chi connectivity index (χ0n) is 20.5. The highest BCUT2D eigenvalue weighted by molar-refractivity contribution is 7.17. The van der Waals surface area contributed by atoms with Crippen molar-refractivity contribution in [3.05, 3.63) is 45.3 Å². The summed E-state index contributed by atoms with van der Waals surface area (Å²) < 4.78 is 0.993. The van der Waals surface area contributed by atoms with E-state index < -0.39 is 11.9 Å². The Kier molecular flexibility index (Phi) is 10.2. The number of carbonyl (C=O) groups excluding carboxylic acids is 2. The summed E-state index contributed by atoms with van der Waals surface area (Å²) in [7, 11) is 2.30. The van der Waals surface area contributed by atoms with E-state index in [0.29, 0.717) is 21.3 Å². The van der Waals surface area contributed by atoms with Crippen LogP contribution in [0.25, 0.3) is 0 Å². The van der Waals surface area contributed by atoms with E-state index in [0.717, 1.165) is 40.4 Å².